The lowest BCUT2D eigenvalue weighted by Gasteiger charge is -2.31. The lowest BCUT2D eigenvalue weighted by atomic mass is 10.0. The summed E-state index contributed by atoms with van der Waals surface area (Å²) in [5.41, 5.74) is -0.165. The molecule has 2 fully saturated rings. The molecule has 10 nitrogen and oxygen atoms in total. The molecule has 2 aliphatic rings. The fourth-order valence-corrected chi connectivity index (χ4v) is 5.01. The standard InChI is InChI=1S/C30H33FN4O6/c1-18(36)30(9-10-30)29(38)34-19-4-5-25(22(31)14-19)41-24-6-11-33-23-16-27(26(39-3)15-21(23)24)40-20-7-12-35(13-8-20)17-28(37)32-2/h4-6,11,14-16,20H,7-10,12-13,17H2,1-3H3,(H,32,37)(H,34,38). The van der Waals surface area contributed by atoms with Crippen LogP contribution in [0.1, 0.15) is 32.6 Å². The number of ether oxygens (including phenoxy) is 3. The molecule has 5 rings (SSSR count). The summed E-state index contributed by atoms with van der Waals surface area (Å²) in [7, 11) is 3.17. The molecule has 1 aliphatic heterocycles. The minimum Gasteiger partial charge on any atom is -0.493 e. The van der Waals surface area contributed by atoms with E-state index in [0.29, 0.717) is 47.5 Å². The molecule has 1 saturated carbocycles. The lowest BCUT2D eigenvalue weighted by Crippen LogP contribution is -2.43. The number of nitrogens with zero attached hydrogens (tertiary/aromatic N) is 2. The number of methoxy groups -OCH3 is 1. The van der Waals surface area contributed by atoms with Crippen LogP contribution in [0, 0.1) is 11.2 Å². The van der Waals surface area contributed by atoms with Crippen molar-refractivity contribution in [3.63, 3.8) is 0 Å². The number of benzene rings is 2. The molecule has 1 aliphatic carbocycles. The number of likely N-dealkylation sites (N-methyl/N-ethyl adjacent to an activating group) is 1. The molecule has 1 saturated heterocycles. The van der Waals surface area contributed by atoms with E-state index in [1.54, 1.807) is 38.6 Å². The van der Waals surface area contributed by atoms with Gasteiger partial charge >= 0.3 is 0 Å². The van der Waals surface area contributed by atoms with Gasteiger partial charge in [0.1, 0.15) is 23.1 Å². The van der Waals surface area contributed by atoms with Gasteiger partial charge in [-0.25, -0.2) is 4.39 Å². The third-order valence-corrected chi connectivity index (χ3v) is 7.73. The largest absolute Gasteiger partial charge is 0.493 e. The van der Waals surface area contributed by atoms with Gasteiger partial charge in [0, 0.05) is 49.5 Å². The van der Waals surface area contributed by atoms with Crippen LogP contribution in [0.5, 0.6) is 23.0 Å². The van der Waals surface area contributed by atoms with Crippen molar-refractivity contribution < 1.29 is 33.0 Å². The predicted molar refractivity (Wildman–Crippen MR) is 150 cm³/mol. The number of pyridine rings is 1. The van der Waals surface area contributed by atoms with Crippen LogP contribution in [0.4, 0.5) is 10.1 Å². The van der Waals surface area contributed by atoms with Crippen molar-refractivity contribution in [2.75, 3.05) is 39.1 Å². The van der Waals surface area contributed by atoms with E-state index in [1.165, 1.54) is 25.1 Å². The van der Waals surface area contributed by atoms with E-state index in [1.807, 2.05) is 0 Å². The zero-order valence-electron chi connectivity index (χ0n) is 23.3. The van der Waals surface area contributed by atoms with Gasteiger partial charge in [-0.3, -0.25) is 24.3 Å². The van der Waals surface area contributed by atoms with Crippen molar-refractivity contribution in [3.05, 3.63) is 48.4 Å². The zero-order chi connectivity index (χ0) is 29.1. The van der Waals surface area contributed by atoms with E-state index < -0.39 is 17.1 Å². The molecular weight excluding hydrogens is 531 g/mol. The van der Waals surface area contributed by atoms with Crippen LogP contribution < -0.4 is 24.8 Å². The van der Waals surface area contributed by atoms with E-state index in [0.717, 1.165) is 25.9 Å². The number of ketones is 1. The fraction of sp³-hybridized carbons (Fsp3) is 0.400. The van der Waals surface area contributed by atoms with Crippen molar-refractivity contribution >= 4 is 34.2 Å². The number of hydrogen-bond acceptors (Lipinski definition) is 8. The molecule has 216 valence electrons. The van der Waals surface area contributed by atoms with Crippen molar-refractivity contribution in [1.82, 2.24) is 15.2 Å². The first kappa shape index (κ1) is 28.3. The highest BCUT2D eigenvalue weighted by Gasteiger charge is 2.54. The van der Waals surface area contributed by atoms with Gasteiger partial charge in [-0.2, -0.15) is 0 Å². The summed E-state index contributed by atoms with van der Waals surface area (Å²) in [6.07, 6.45) is 4.05. The smallest absolute Gasteiger partial charge is 0.238 e. The molecule has 2 aromatic carbocycles. The molecule has 0 bridgehead atoms. The Morgan fingerprint density at radius 1 is 1.05 bits per heavy atom. The number of fused-ring (bicyclic) bond motifs is 1. The average molecular weight is 565 g/mol. The molecule has 3 aromatic rings. The second kappa shape index (κ2) is 11.7. The Morgan fingerprint density at radius 3 is 2.44 bits per heavy atom. The number of carbonyl (C=O) groups excluding carboxylic acids is 3. The van der Waals surface area contributed by atoms with Gasteiger partial charge in [0.05, 0.1) is 19.2 Å². The highest BCUT2D eigenvalue weighted by molar-refractivity contribution is 6.13. The number of Topliss-reactive ketones (excluding diaryl/α,β-unsaturated/α-hetero) is 1. The number of nitrogens with one attached hydrogen (secondary N) is 2. The number of likely N-dealkylation sites (tertiary alicyclic amines) is 1. The van der Waals surface area contributed by atoms with Crippen molar-refractivity contribution in [2.24, 2.45) is 5.41 Å². The summed E-state index contributed by atoms with van der Waals surface area (Å²) >= 11 is 0. The first-order chi connectivity index (χ1) is 19.7. The van der Waals surface area contributed by atoms with Crippen molar-refractivity contribution in [3.8, 4) is 23.0 Å². The van der Waals surface area contributed by atoms with Gasteiger partial charge in [0.15, 0.2) is 23.1 Å². The normalized spacial score (nSPS) is 16.6. The van der Waals surface area contributed by atoms with Gasteiger partial charge < -0.3 is 24.8 Å². The predicted octanol–water partition coefficient (Wildman–Crippen LogP) is 4.07. The summed E-state index contributed by atoms with van der Waals surface area (Å²) in [6, 6.07) is 9.27. The second-order valence-electron chi connectivity index (χ2n) is 10.4. The molecule has 0 unspecified atom stereocenters. The maximum atomic E-state index is 15.0. The number of hydrogen-bond donors (Lipinski definition) is 2. The summed E-state index contributed by atoms with van der Waals surface area (Å²) in [6.45, 7) is 3.26. The fourth-order valence-electron chi connectivity index (χ4n) is 5.01. The second-order valence-corrected chi connectivity index (χ2v) is 10.4. The molecule has 0 spiro atoms. The van der Waals surface area contributed by atoms with Crippen molar-refractivity contribution in [2.45, 2.75) is 38.7 Å². The minimum absolute atomic E-state index is 0.0107. The minimum atomic E-state index is -0.993. The number of aromatic nitrogens is 1. The molecule has 2 amide bonds. The van der Waals surface area contributed by atoms with Gasteiger partial charge in [-0.05, 0) is 56.9 Å². The van der Waals surface area contributed by atoms with E-state index in [4.69, 9.17) is 14.2 Å². The van der Waals surface area contributed by atoms with E-state index in [9.17, 15) is 14.4 Å². The van der Waals surface area contributed by atoms with E-state index in [2.05, 4.69) is 20.5 Å². The number of amides is 2. The Labute approximate surface area is 237 Å². The summed E-state index contributed by atoms with van der Waals surface area (Å²) in [5, 5.41) is 5.89. The lowest BCUT2D eigenvalue weighted by molar-refractivity contribution is -0.131. The summed E-state index contributed by atoms with van der Waals surface area (Å²) < 4.78 is 32.8. The first-order valence-electron chi connectivity index (χ1n) is 13.6. The van der Waals surface area contributed by atoms with Gasteiger partial charge in [0.2, 0.25) is 11.8 Å². The third-order valence-electron chi connectivity index (χ3n) is 7.73. The third kappa shape index (κ3) is 6.09. The number of piperidine rings is 1. The Morgan fingerprint density at radius 2 is 1.80 bits per heavy atom. The molecule has 0 atom stereocenters. The molecule has 41 heavy (non-hydrogen) atoms. The Bertz CT molecular complexity index is 1480. The van der Waals surface area contributed by atoms with E-state index in [-0.39, 0.29) is 29.2 Å². The molecule has 1 aromatic heterocycles. The molecular formula is C30H33FN4O6. The van der Waals surface area contributed by atoms with Gasteiger partial charge in [0.25, 0.3) is 0 Å². The number of anilines is 1. The Kier molecular flexibility index (Phi) is 8.07. The number of rotatable bonds is 10. The van der Waals surface area contributed by atoms with Crippen LogP contribution in [0.2, 0.25) is 0 Å². The highest BCUT2D eigenvalue weighted by atomic mass is 19.1. The summed E-state index contributed by atoms with van der Waals surface area (Å²) in [5.74, 6) is 0.0712. The van der Waals surface area contributed by atoms with Gasteiger partial charge in [-0.15, -0.1) is 0 Å². The monoisotopic (exact) mass is 564 g/mol. The number of halogens is 1. The molecule has 2 heterocycles. The first-order valence-corrected chi connectivity index (χ1v) is 13.6. The zero-order valence-corrected chi connectivity index (χ0v) is 23.3. The van der Waals surface area contributed by atoms with Gasteiger partial charge in [-0.1, -0.05) is 0 Å². The SMILES string of the molecule is CNC(=O)CN1CCC(Oc2cc3nccc(Oc4ccc(NC(=O)C5(C(C)=O)CC5)cc4F)c3cc2OC)CC1. The molecule has 2 N–H and O–H groups in total. The average Bonchev–Trinajstić information content (AvgIpc) is 3.78. The maximum Gasteiger partial charge on any atom is 0.238 e. The van der Waals surface area contributed by atoms with Crippen LogP contribution in [0.15, 0.2) is 42.6 Å². The Balaban J connectivity index is 1.29. The van der Waals surface area contributed by atoms with Crippen LogP contribution >= 0.6 is 0 Å². The molecule has 0 radical (unpaired) electrons. The van der Waals surface area contributed by atoms with Crippen LogP contribution in [-0.4, -0.2) is 67.4 Å². The topological polar surface area (TPSA) is 119 Å². The Hall–Kier alpha value is -4.25. The quantitative estimate of drug-likeness (QED) is 0.354. The molecule has 11 heteroatoms. The van der Waals surface area contributed by atoms with Crippen LogP contribution in [0.3, 0.4) is 0 Å². The van der Waals surface area contributed by atoms with Crippen LogP contribution in [-0.2, 0) is 14.4 Å². The van der Waals surface area contributed by atoms with E-state index >= 15 is 4.39 Å². The van der Waals surface area contributed by atoms with Crippen molar-refractivity contribution in [1.29, 1.82) is 0 Å². The maximum absolute atomic E-state index is 15.0. The highest BCUT2D eigenvalue weighted by Crippen LogP contribution is 2.47. The number of carbonyl (C=O) groups is 3. The summed E-state index contributed by atoms with van der Waals surface area (Å²) in [4.78, 5) is 42.5. The van der Waals surface area contributed by atoms with Crippen LogP contribution in [0.25, 0.3) is 10.9 Å².